The second kappa shape index (κ2) is 16.6. The molecular weight excluding hydrogens is 542 g/mol. The van der Waals surface area contributed by atoms with E-state index in [4.69, 9.17) is 16.3 Å². The first-order valence-corrected chi connectivity index (χ1v) is 14.4. The summed E-state index contributed by atoms with van der Waals surface area (Å²) < 4.78 is 5.56. The van der Waals surface area contributed by atoms with Gasteiger partial charge < -0.3 is 30.9 Å². The first-order valence-electron chi connectivity index (χ1n) is 14.0. The van der Waals surface area contributed by atoms with Gasteiger partial charge in [0.05, 0.1) is 12.2 Å². The van der Waals surface area contributed by atoms with E-state index < -0.39 is 11.3 Å². The number of carbonyl (C=O) groups is 3. The zero-order valence-corrected chi connectivity index (χ0v) is 25.8. The Bertz CT molecular complexity index is 1200. The van der Waals surface area contributed by atoms with Gasteiger partial charge in [0, 0.05) is 49.4 Å². The van der Waals surface area contributed by atoms with Crippen molar-refractivity contribution in [2.45, 2.75) is 47.5 Å². The van der Waals surface area contributed by atoms with Crippen LogP contribution in [0.15, 0.2) is 59.9 Å². The minimum absolute atomic E-state index is 0.0658. The molecule has 0 atom stereocenters. The lowest BCUT2D eigenvalue weighted by Crippen LogP contribution is -2.40. The summed E-state index contributed by atoms with van der Waals surface area (Å²) in [6.07, 6.45) is 0.619. The number of halogens is 1. The topological polar surface area (TPSA) is 112 Å². The van der Waals surface area contributed by atoms with Crippen molar-refractivity contribution in [3.05, 3.63) is 70.5 Å². The quantitative estimate of drug-likeness (QED) is 0.211. The Labute approximate surface area is 249 Å². The van der Waals surface area contributed by atoms with Crippen LogP contribution in [-0.2, 0) is 9.59 Å². The van der Waals surface area contributed by atoms with Crippen molar-refractivity contribution in [3.8, 4) is 5.75 Å². The number of amides is 3. The van der Waals surface area contributed by atoms with Crippen LogP contribution in [-0.4, -0.2) is 62.5 Å². The maximum atomic E-state index is 13.4. The highest BCUT2D eigenvalue weighted by Gasteiger charge is 2.26. The molecule has 0 fully saturated rings. The number of para-hydroxylation sites is 1. The molecule has 0 aliphatic rings. The van der Waals surface area contributed by atoms with E-state index in [2.05, 4.69) is 40.0 Å². The molecule has 0 aromatic heterocycles. The number of hydrogen-bond donors (Lipinski definition) is 4. The molecule has 0 heterocycles. The lowest BCUT2D eigenvalue weighted by Gasteiger charge is -2.26. The summed E-state index contributed by atoms with van der Waals surface area (Å²) >= 11 is 6.11. The number of nitrogens with zero attached hydrogens (tertiary/aromatic N) is 1. The zero-order chi connectivity index (χ0) is 30.4. The van der Waals surface area contributed by atoms with E-state index in [0.29, 0.717) is 40.7 Å². The van der Waals surface area contributed by atoms with Gasteiger partial charge in [-0.05, 0) is 55.8 Å². The van der Waals surface area contributed by atoms with Crippen molar-refractivity contribution in [1.82, 2.24) is 20.9 Å². The average molecular weight is 586 g/mol. The second-order valence-electron chi connectivity index (χ2n) is 10.3. The molecule has 2 rings (SSSR count). The van der Waals surface area contributed by atoms with Gasteiger partial charge in [-0.15, -0.1) is 0 Å². The van der Waals surface area contributed by atoms with Crippen molar-refractivity contribution in [2.75, 3.05) is 45.2 Å². The van der Waals surface area contributed by atoms with E-state index in [1.165, 1.54) is 0 Å². The molecule has 0 spiro atoms. The Morgan fingerprint density at radius 2 is 1.68 bits per heavy atom. The van der Waals surface area contributed by atoms with E-state index >= 15 is 0 Å². The maximum Gasteiger partial charge on any atom is 0.273 e. The Kier molecular flexibility index (Phi) is 13.7. The van der Waals surface area contributed by atoms with Crippen LogP contribution in [0.4, 0.5) is 5.69 Å². The zero-order valence-electron chi connectivity index (χ0n) is 25.0. The smallest absolute Gasteiger partial charge is 0.273 e. The predicted molar refractivity (Wildman–Crippen MR) is 165 cm³/mol. The third kappa shape index (κ3) is 11.1. The minimum Gasteiger partial charge on any atom is -0.493 e. The largest absolute Gasteiger partial charge is 0.493 e. The normalized spacial score (nSPS) is 11.9. The van der Waals surface area contributed by atoms with E-state index in [9.17, 15) is 14.4 Å². The van der Waals surface area contributed by atoms with Crippen molar-refractivity contribution >= 4 is 35.0 Å². The van der Waals surface area contributed by atoms with E-state index in [1.54, 1.807) is 37.4 Å². The molecule has 0 saturated heterocycles. The van der Waals surface area contributed by atoms with Gasteiger partial charge in [0.15, 0.2) is 0 Å². The highest BCUT2D eigenvalue weighted by molar-refractivity contribution is 6.31. The molecule has 9 nitrogen and oxygen atoms in total. The molecule has 2 aromatic carbocycles. The molecule has 0 bridgehead atoms. The summed E-state index contributed by atoms with van der Waals surface area (Å²) in [5, 5.41) is 12.2. The van der Waals surface area contributed by atoms with Crippen LogP contribution >= 0.6 is 11.6 Å². The molecule has 10 heteroatoms. The first-order chi connectivity index (χ1) is 19.5. The lowest BCUT2D eigenvalue weighted by atomic mass is 9.88. The van der Waals surface area contributed by atoms with Gasteiger partial charge in [0.1, 0.15) is 11.4 Å². The fourth-order valence-electron chi connectivity index (χ4n) is 4.23. The van der Waals surface area contributed by atoms with Gasteiger partial charge >= 0.3 is 0 Å². The van der Waals surface area contributed by atoms with Crippen molar-refractivity contribution < 1.29 is 19.1 Å². The Morgan fingerprint density at radius 1 is 1.00 bits per heavy atom. The molecule has 41 heavy (non-hydrogen) atoms. The van der Waals surface area contributed by atoms with E-state index in [-0.39, 0.29) is 30.5 Å². The molecule has 4 N–H and O–H groups in total. The van der Waals surface area contributed by atoms with E-state index in [0.717, 1.165) is 19.6 Å². The van der Waals surface area contributed by atoms with Gasteiger partial charge in [0.2, 0.25) is 5.91 Å². The number of anilines is 1. The fourth-order valence-corrected chi connectivity index (χ4v) is 4.40. The summed E-state index contributed by atoms with van der Waals surface area (Å²) in [5.41, 5.74) is 1.14. The SMILES string of the molecule is CCOc1ccc(Cl)cc1C(=O)NCC(C)(C)CC(=O)N/C(C(=O)Nc1ccccc1)=C(\CCN(CC)CC)NC. The molecule has 224 valence electrons. The van der Waals surface area contributed by atoms with Crippen LogP contribution in [0, 0.1) is 5.41 Å². The fraction of sp³-hybridized carbons (Fsp3) is 0.452. The van der Waals surface area contributed by atoms with Crippen molar-refractivity contribution in [1.29, 1.82) is 0 Å². The number of nitrogens with one attached hydrogen (secondary N) is 4. The van der Waals surface area contributed by atoms with Crippen LogP contribution in [0.25, 0.3) is 0 Å². The van der Waals surface area contributed by atoms with Gasteiger partial charge in [-0.3, -0.25) is 14.4 Å². The highest BCUT2D eigenvalue weighted by Crippen LogP contribution is 2.24. The molecule has 0 saturated carbocycles. The Balaban J connectivity index is 2.17. The number of rotatable bonds is 16. The monoisotopic (exact) mass is 585 g/mol. The van der Waals surface area contributed by atoms with Crippen LogP contribution in [0.2, 0.25) is 5.02 Å². The summed E-state index contributed by atoms with van der Waals surface area (Å²) in [4.78, 5) is 41.8. The van der Waals surface area contributed by atoms with Gasteiger partial charge in [-0.2, -0.15) is 0 Å². The molecule has 2 aromatic rings. The summed E-state index contributed by atoms with van der Waals surface area (Å²) in [6.45, 7) is 12.9. The Morgan fingerprint density at radius 3 is 2.29 bits per heavy atom. The van der Waals surface area contributed by atoms with Crippen LogP contribution < -0.4 is 26.0 Å². The summed E-state index contributed by atoms with van der Waals surface area (Å²) in [7, 11) is 1.74. The van der Waals surface area contributed by atoms with Crippen LogP contribution in [0.3, 0.4) is 0 Å². The van der Waals surface area contributed by atoms with Gasteiger partial charge in [-0.1, -0.05) is 57.5 Å². The van der Waals surface area contributed by atoms with Crippen LogP contribution in [0.1, 0.15) is 57.8 Å². The Hall–Kier alpha value is -3.56. The average Bonchev–Trinajstić information content (AvgIpc) is 2.94. The number of carbonyl (C=O) groups excluding carboxylic acids is 3. The molecule has 0 aliphatic heterocycles. The molecule has 0 unspecified atom stereocenters. The van der Waals surface area contributed by atoms with Crippen LogP contribution in [0.5, 0.6) is 5.75 Å². The molecule has 3 amide bonds. The molecule has 0 radical (unpaired) electrons. The highest BCUT2D eigenvalue weighted by atomic mass is 35.5. The number of benzene rings is 2. The summed E-state index contributed by atoms with van der Waals surface area (Å²) in [5.74, 6) is -0.658. The summed E-state index contributed by atoms with van der Waals surface area (Å²) in [6, 6.07) is 14.0. The standard InChI is InChI=1S/C31H44ClN5O4/c1-7-37(8-2)18-17-25(33-6)28(30(40)35-23-13-11-10-12-14-23)36-27(38)20-31(4,5)21-34-29(39)24-19-22(32)15-16-26(24)41-9-3/h10-16,19,33H,7-9,17-18,20-21H2,1-6H3,(H,34,39)(H,35,40)(H,36,38)/b28-25+. The third-order valence-electron chi connectivity index (χ3n) is 6.55. The van der Waals surface area contributed by atoms with Crippen molar-refractivity contribution in [3.63, 3.8) is 0 Å². The molecular formula is C31H44ClN5O4. The van der Waals surface area contributed by atoms with E-state index in [1.807, 2.05) is 39.0 Å². The lowest BCUT2D eigenvalue weighted by molar-refractivity contribution is -0.124. The predicted octanol–water partition coefficient (Wildman–Crippen LogP) is 4.80. The second-order valence-corrected chi connectivity index (χ2v) is 10.8. The number of ether oxygens (including phenoxy) is 1. The van der Waals surface area contributed by atoms with Crippen molar-refractivity contribution in [2.24, 2.45) is 5.41 Å². The maximum absolute atomic E-state index is 13.4. The third-order valence-corrected chi connectivity index (χ3v) is 6.79. The first kappa shape index (κ1) is 33.6. The minimum atomic E-state index is -0.619. The molecule has 0 aliphatic carbocycles. The van der Waals surface area contributed by atoms with Gasteiger partial charge in [-0.25, -0.2) is 0 Å². The number of hydrogen-bond acceptors (Lipinski definition) is 6. The van der Waals surface area contributed by atoms with Gasteiger partial charge in [0.25, 0.3) is 11.8 Å².